The Morgan fingerprint density at radius 3 is 2.71 bits per heavy atom. The normalized spacial score (nSPS) is 10.7. The number of hydrogen-bond acceptors (Lipinski definition) is 4. The van der Waals surface area contributed by atoms with Gasteiger partial charge >= 0.3 is 0 Å². The van der Waals surface area contributed by atoms with E-state index in [9.17, 15) is 9.59 Å². The zero-order valence-corrected chi connectivity index (χ0v) is 17.6. The molecular formula is C21H24BrN3O3. The van der Waals surface area contributed by atoms with Crippen molar-refractivity contribution in [2.24, 2.45) is 5.10 Å². The van der Waals surface area contributed by atoms with Gasteiger partial charge in [-0.05, 0) is 43.2 Å². The zero-order chi connectivity index (χ0) is 20.4. The molecule has 0 aromatic heterocycles. The van der Waals surface area contributed by atoms with Crippen molar-refractivity contribution in [2.75, 3.05) is 11.9 Å². The molecule has 0 heterocycles. The van der Waals surface area contributed by atoms with Crippen LogP contribution in [0.1, 0.15) is 37.3 Å². The van der Waals surface area contributed by atoms with Crippen molar-refractivity contribution < 1.29 is 14.3 Å². The number of carbonyl (C=O) groups excluding carboxylic acids is 2. The molecule has 0 fully saturated rings. The van der Waals surface area contributed by atoms with Gasteiger partial charge in [0.15, 0.2) is 0 Å². The summed E-state index contributed by atoms with van der Waals surface area (Å²) in [7, 11) is 0. The van der Waals surface area contributed by atoms with Crippen molar-refractivity contribution in [3.63, 3.8) is 0 Å². The van der Waals surface area contributed by atoms with Crippen LogP contribution in [0.15, 0.2) is 52.0 Å². The lowest BCUT2D eigenvalue weighted by atomic mass is 10.2. The van der Waals surface area contributed by atoms with Crippen molar-refractivity contribution in [1.29, 1.82) is 0 Å². The summed E-state index contributed by atoms with van der Waals surface area (Å²) in [6.07, 6.45) is 3.19. The third-order valence-corrected chi connectivity index (χ3v) is 4.35. The van der Waals surface area contributed by atoms with E-state index in [1.165, 1.54) is 6.21 Å². The van der Waals surface area contributed by atoms with Gasteiger partial charge in [-0.15, -0.1) is 0 Å². The van der Waals surface area contributed by atoms with Crippen molar-refractivity contribution in [2.45, 2.75) is 33.1 Å². The van der Waals surface area contributed by atoms with Crippen LogP contribution in [0, 0.1) is 6.92 Å². The zero-order valence-electron chi connectivity index (χ0n) is 16.0. The number of anilines is 1. The van der Waals surface area contributed by atoms with Crippen molar-refractivity contribution >= 4 is 39.6 Å². The minimum atomic E-state index is -0.495. The minimum Gasteiger partial charge on any atom is -0.493 e. The second-order valence-electron chi connectivity index (χ2n) is 6.22. The maximum absolute atomic E-state index is 12.0. The van der Waals surface area contributed by atoms with Crippen LogP contribution < -0.4 is 15.5 Å². The molecule has 0 saturated carbocycles. The Hall–Kier alpha value is -2.67. The van der Waals surface area contributed by atoms with Crippen LogP contribution in [-0.2, 0) is 9.59 Å². The highest BCUT2D eigenvalue weighted by atomic mass is 79.9. The van der Waals surface area contributed by atoms with Crippen molar-refractivity contribution in [3.05, 3.63) is 58.1 Å². The second-order valence-corrected chi connectivity index (χ2v) is 7.13. The highest BCUT2D eigenvalue weighted by Gasteiger charge is 2.10. The highest BCUT2D eigenvalue weighted by Crippen LogP contribution is 2.22. The van der Waals surface area contributed by atoms with Crippen LogP contribution in [0.2, 0.25) is 0 Å². The van der Waals surface area contributed by atoms with Gasteiger partial charge in [-0.3, -0.25) is 9.59 Å². The first-order valence-corrected chi connectivity index (χ1v) is 9.88. The molecule has 0 aliphatic rings. The molecule has 0 saturated heterocycles. The Morgan fingerprint density at radius 1 is 1.18 bits per heavy atom. The Balaban J connectivity index is 1.89. The molecule has 0 bridgehead atoms. The van der Waals surface area contributed by atoms with Gasteiger partial charge in [0, 0.05) is 15.7 Å². The Kier molecular flexibility index (Phi) is 8.68. The highest BCUT2D eigenvalue weighted by molar-refractivity contribution is 9.10. The number of benzene rings is 2. The first kappa shape index (κ1) is 21.6. The summed E-state index contributed by atoms with van der Waals surface area (Å²) in [5, 5.41) is 6.66. The van der Waals surface area contributed by atoms with Gasteiger partial charge in [0.1, 0.15) is 12.2 Å². The summed E-state index contributed by atoms with van der Waals surface area (Å²) in [5.74, 6) is -0.203. The average molecular weight is 446 g/mol. The lowest BCUT2D eigenvalue weighted by Gasteiger charge is -2.09. The Bertz CT molecular complexity index is 853. The number of para-hydroxylation sites is 1. The van der Waals surface area contributed by atoms with Gasteiger partial charge in [-0.2, -0.15) is 5.10 Å². The minimum absolute atomic E-state index is 0.315. The van der Waals surface area contributed by atoms with E-state index >= 15 is 0 Å². The van der Waals surface area contributed by atoms with E-state index in [0.29, 0.717) is 18.0 Å². The molecule has 0 aliphatic carbocycles. The van der Waals surface area contributed by atoms with Crippen molar-refractivity contribution in [3.8, 4) is 5.75 Å². The van der Waals surface area contributed by atoms with E-state index in [4.69, 9.17) is 4.74 Å². The predicted octanol–water partition coefficient (Wildman–Crippen LogP) is 4.42. The summed E-state index contributed by atoms with van der Waals surface area (Å²) in [4.78, 5) is 24.0. The van der Waals surface area contributed by atoms with Crippen LogP contribution in [0.5, 0.6) is 5.75 Å². The summed E-state index contributed by atoms with van der Waals surface area (Å²) in [6.45, 7) is 4.60. The van der Waals surface area contributed by atoms with Crippen LogP contribution in [0.3, 0.4) is 0 Å². The molecule has 0 atom stereocenters. The van der Waals surface area contributed by atoms with E-state index < -0.39 is 11.8 Å². The monoisotopic (exact) mass is 445 g/mol. The van der Waals surface area contributed by atoms with E-state index in [2.05, 4.69) is 38.7 Å². The van der Waals surface area contributed by atoms with E-state index in [-0.39, 0.29) is 6.42 Å². The van der Waals surface area contributed by atoms with Gasteiger partial charge in [-0.25, -0.2) is 5.43 Å². The number of aryl methyl sites for hydroxylation is 1. The van der Waals surface area contributed by atoms with Gasteiger partial charge in [0.25, 0.3) is 0 Å². The molecule has 0 radical (unpaired) electrons. The molecule has 148 valence electrons. The third-order valence-electron chi connectivity index (χ3n) is 3.86. The number of nitrogens with zero attached hydrogens (tertiary/aromatic N) is 1. The molecule has 2 rings (SSSR count). The summed E-state index contributed by atoms with van der Waals surface area (Å²) < 4.78 is 6.62. The maximum atomic E-state index is 12.0. The Morgan fingerprint density at radius 2 is 1.96 bits per heavy atom. The molecule has 0 aliphatic heterocycles. The van der Waals surface area contributed by atoms with Gasteiger partial charge in [0.05, 0.1) is 12.8 Å². The van der Waals surface area contributed by atoms with E-state index in [1.54, 1.807) is 6.07 Å². The lowest BCUT2D eigenvalue weighted by Crippen LogP contribution is -2.24. The maximum Gasteiger partial charge on any atom is 0.249 e. The number of amides is 2. The molecule has 2 amide bonds. The predicted molar refractivity (Wildman–Crippen MR) is 115 cm³/mol. The molecule has 6 nitrogen and oxygen atoms in total. The quantitative estimate of drug-likeness (QED) is 0.259. The van der Waals surface area contributed by atoms with Gasteiger partial charge < -0.3 is 10.1 Å². The molecular weight excluding hydrogens is 422 g/mol. The molecule has 2 aromatic rings. The number of hydrogen-bond donors (Lipinski definition) is 2. The summed E-state index contributed by atoms with van der Waals surface area (Å²) in [6, 6.07) is 13.0. The van der Waals surface area contributed by atoms with Crippen LogP contribution >= 0.6 is 15.9 Å². The number of carbonyl (C=O) groups is 2. The largest absolute Gasteiger partial charge is 0.493 e. The molecule has 7 heteroatoms. The van der Waals surface area contributed by atoms with E-state index in [1.807, 2.05) is 43.3 Å². The summed E-state index contributed by atoms with van der Waals surface area (Å²) >= 11 is 3.41. The van der Waals surface area contributed by atoms with E-state index in [0.717, 1.165) is 28.4 Å². The third kappa shape index (κ3) is 7.15. The fourth-order valence-corrected chi connectivity index (χ4v) is 2.72. The molecule has 2 N–H and O–H groups in total. The number of hydrazone groups is 1. The number of halogens is 1. The SMILES string of the molecule is CCCCOc1ccc(Br)cc1C=NNC(=O)CC(=O)Nc1ccccc1C. The Labute approximate surface area is 173 Å². The number of ether oxygens (including phenoxy) is 1. The molecule has 0 unspecified atom stereocenters. The standard InChI is InChI=1S/C21H24BrN3O3/c1-3-4-11-28-19-10-9-17(22)12-16(19)14-23-25-21(27)13-20(26)24-18-8-6-5-7-15(18)2/h5-10,12,14H,3-4,11,13H2,1-2H3,(H,24,26)(H,25,27). The molecule has 2 aromatic carbocycles. The van der Waals surface area contributed by atoms with Crippen LogP contribution in [-0.4, -0.2) is 24.6 Å². The first-order chi connectivity index (χ1) is 13.5. The average Bonchev–Trinajstić information content (AvgIpc) is 2.65. The molecule has 0 spiro atoms. The fraction of sp³-hybridized carbons (Fsp3) is 0.286. The number of nitrogens with one attached hydrogen (secondary N) is 2. The van der Waals surface area contributed by atoms with Gasteiger partial charge in [-0.1, -0.05) is 47.5 Å². The topological polar surface area (TPSA) is 79.8 Å². The van der Waals surface area contributed by atoms with Gasteiger partial charge in [0.2, 0.25) is 11.8 Å². The number of unbranched alkanes of at least 4 members (excludes halogenated alkanes) is 1. The second kappa shape index (κ2) is 11.2. The smallest absolute Gasteiger partial charge is 0.249 e. The molecule has 28 heavy (non-hydrogen) atoms. The fourth-order valence-electron chi connectivity index (χ4n) is 2.34. The lowest BCUT2D eigenvalue weighted by molar-refractivity contribution is -0.126. The van der Waals surface area contributed by atoms with Crippen LogP contribution in [0.4, 0.5) is 5.69 Å². The first-order valence-electron chi connectivity index (χ1n) is 9.09. The summed E-state index contributed by atoms with van der Waals surface area (Å²) in [5.41, 5.74) is 4.72. The van der Waals surface area contributed by atoms with Crippen molar-refractivity contribution in [1.82, 2.24) is 5.43 Å². The number of rotatable bonds is 9. The van der Waals surface area contributed by atoms with Crippen LogP contribution in [0.25, 0.3) is 0 Å².